The van der Waals surface area contributed by atoms with E-state index in [0.717, 1.165) is 10.9 Å². The molecule has 0 aliphatic heterocycles. The minimum Gasteiger partial charge on any atom is -0.350 e. The highest BCUT2D eigenvalue weighted by atomic mass is 127. The van der Waals surface area contributed by atoms with Crippen molar-refractivity contribution in [1.82, 2.24) is 4.98 Å². The van der Waals surface area contributed by atoms with Crippen LogP contribution in [-0.4, -0.2) is 4.98 Å². The summed E-state index contributed by atoms with van der Waals surface area (Å²) in [6, 6.07) is 6.35. The summed E-state index contributed by atoms with van der Waals surface area (Å²) in [5.41, 5.74) is 2.64. The summed E-state index contributed by atoms with van der Waals surface area (Å²) in [5, 5.41) is 1.33. The quantitative estimate of drug-likeness (QED) is 0.746. The standard InChI is InChI=1S/C10H9BrIN/c1-2-7-8-5-6(11)3-4-9(8)13-10(7)12/h3-5,13H,2H2,1H3. The molecule has 0 unspecified atom stereocenters. The number of H-pyrrole nitrogens is 1. The Balaban J connectivity index is 2.80. The summed E-state index contributed by atoms with van der Waals surface area (Å²) in [4.78, 5) is 3.37. The second kappa shape index (κ2) is 3.61. The van der Waals surface area contributed by atoms with Gasteiger partial charge in [0.25, 0.3) is 0 Å². The fourth-order valence-electron chi connectivity index (χ4n) is 1.53. The number of halogens is 2. The summed E-state index contributed by atoms with van der Waals surface area (Å²) in [5.74, 6) is 0. The van der Waals surface area contributed by atoms with E-state index >= 15 is 0 Å². The van der Waals surface area contributed by atoms with Gasteiger partial charge >= 0.3 is 0 Å². The van der Waals surface area contributed by atoms with Crippen molar-refractivity contribution in [1.29, 1.82) is 0 Å². The number of hydrogen-bond acceptors (Lipinski definition) is 0. The Hall–Kier alpha value is -0.0300. The first kappa shape index (κ1) is 9.52. The van der Waals surface area contributed by atoms with Gasteiger partial charge in [0, 0.05) is 15.4 Å². The molecule has 0 fully saturated rings. The number of benzene rings is 1. The number of rotatable bonds is 1. The summed E-state index contributed by atoms with van der Waals surface area (Å²) >= 11 is 5.84. The van der Waals surface area contributed by atoms with Gasteiger partial charge in [-0.15, -0.1) is 0 Å². The van der Waals surface area contributed by atoms with Crippen LogP contribution in [0.5, 0.6) is 0 Å². The van der Waals surface area contributed by atoms with Crippen LogP contribution in [0.4, 0.5) is 0 Å². The molecule has 1 aromatic carbocycles. The summed E-state index contributed by atoms with van der Waals surface area (Å²) in [6.07, 6.45) is 1.08. The molecule has 0 spiro atoms. The number of aryl methyl sites for hydroxylation is 1. The normalized spacial score (nSPS) is 11.0. The average Bonchev–Trinajstić information content (AvgIpc) is 2.40. The zero-order valence-corrected chi connectivity index (χ0v) is 10.9. The molecule has 1 heterocycles. The maximum Gasteiger partial charge on any atom is 0.0815 e. The minimum atomic E-state index is 1.08. The van der Waals surface area contributed by atoms with E-state index in [0.29, 0.717) is 0 Å². The van der Waals surface area contributed by atoms with Crippen LogP contribution in [0.3, 0.4) is 0 Å². The Labute approximate surface area is 99.2 Å². The van der Waals surface area contributed by atoms with Crippen LogP contribution in [0, 0.1) is 3.70 Å². The van der Waals surface area contributed by atoms with E-state index in [1.54, 1.807) is 0 Å². The molecule has 0 amide bonds. The predicted octanol–water partition coefficient (Wildman–Crippen LogP) is 4.10. The van der Waals surface area contributed by atoms with Gasteiger partial charge < -0.3 is 4.98 Å². The first-order chi connectivity index (χ1) is 6.22. The van der Waals surface area contributed by atoms with Gasteiger partial charge in [0.05, 0.1) is 3.70 Å². The molecule has 68 valence electrons. The molecule has 0 aliphatic rings. The van der Waals surface area contributed by atoms with E-state index in [-0.39, 0.29) is 0 Å². The van der Waals surface area contributed by atoms with Crippen molar-refractivity contribution in [3.63, 3.8) is 0 Å². The van der Waals surface area contributed by atoms with Crippen LogP contribution in [-0.2, 0) is 6.42 Å². The van der Waals surface area contributed by atoms with Gasteiger partial charge in [0.15, 0.2) is 0 Å². The third-order valence-electron chi connectivity index (χ3n) is 2.17. The van der Waals surface area contributed by atoms with Gasteiger partial charge in [-0.1, -0.05) is 22.9 Å². The smallest absolute Gasteiger partial charge is 0.0815 e. The summed E-state index contributed by atoms with van der Waals surface area (Å²) < 4.78 is 2.40. The Kier molecular flexibility index (Phi) is 2.65. The third-order valence-corrected chi connectivity index (χ3v) is 3.58. The Morgan fingerprint density at radius 2 is 2.23 bits per heavy atom. The molecule has 0 saturated carbocycles. The zero-order valence-electron chi connectivity index (χ0n) is 7.20. The lowest BCUT2D eigenvalue weighted by Gasteiger charge is -1.94. The highest BCUT2D eigenvalue weighted by Gasteiger charge is 2.06. The SMILES string of the molecule is CCc1c(I)[nH]c2ccc(Br)cc12. The van der Waals surface area contributed by atoms with Crippen molar-refractivity contribution >= 4 is 49.4 Å². The number of fused-ring (bicyclic) bond motifs is 1. The highest BCUT2D eigenvalue weighted by molar-refractivity contribution is 14.1. The Bertz CT molecular complexity index is 447. The largest absolute Gasteiger partial charge is 0.350 e. The monoisotopic (exact) mass is 349 g/mol. The fourth-order valence-corrected chi connectivity index (χ4v) is 2.86. The van der Waals surface area contributed by atoms with Crippen LogP contribution in [0.2, 0.25) is 0 Å². The van der Waals surface area contributed by atoms with Crippen molar-refractivity contribution in [3.05, 3.63) is 31.9 Å². The first-order valence-corrected chi connectivity index (χ1v) is 6.05. The topological polar surface area (TPSA) is 15.8 Å². The molecule has 1 aromatic heterocycles. The average molecular weight is 350 g/mol. The maximum atomic E-state index is 3.49. The van der Waals surface area contributed by atoms with Crippen molar-refractivity contribution in [3.8, 4) is 0 Å². The third kappa shape index (κ3) is 1.64. The van der Waals surface area contributed by atoms with Gasteiger partial charge in [0.1, 0.15) is 0 Å². The van der Waals surface area contributed by atoms with Crippen LogP contribution >= 0.6 is 38.5 Å². The number of aromatic amines is 1. The molecule has 3 heteroatoms. The van der Waals surface area contributed by atoms with E-state index in [2.05, 4.69) is 68.6 Å². The molecule has 0 radical (unpaired) electrons. The fraction of sp³-hybridized carbons (Fsp3) is 0.200. The second-order valence-electron chi connectivity index (χ2n) is 2.96. The van der Waals surface area contributed by atoms with Crippen LogP contribution < -0.4 is 0 Å². The molecule has 2 rings (SSSR count). The molecule has 13 heavy (non-hydrogen) atoms. The van der Waals surface area contributed by atoms with Gasteiger partial charge in [-0.2, -0.15) is 0 Å². The molecular weight excluding hydrogens is 341 g/mol. The van der Waals surface area contributed by atoms with Crippen molar-refractivity contribution in [2.24, 2.45) is 0 Å². The molecule has 2 aromatic rings. The summed E-state index contributed by atoms with van der Waals surface area (Å²) in [6.45, 7) is 2.19. The molecule has 1 N–H and O–H groups in total. The molecule has 0 atom stereocenters. The predicted molar refractivity (Wildman–Crippen MR) is 68.1 cm³/mol. The van der Waals surface area contributed by atoms with Gasteiger partial charge in [-0.05, 0) is 52.8 Å². The molecule has 0 aliphatic carbocycles. The molecule has 0 saturated heterocycles. The second-order valence-corrected chi connectivity index (χ2v) is 4.96. The lowest BCUT2D eigenvalue weighted by molar-refractivity contribution is 1.13. The zero-order chi connectivity index (χ0) is 9.42. The van der Waals surface area contributed by atoms with Crippen LogP contribution in [0.15, 0.2) is 22.7 Å². The number of hydrogen-bond donors (Lipinski definition) is 1. The van der Waals surface area contributed by atoms with Crippen molar-refractivity contribution in [2.45, 2.75) is 13.3 Å². The Morgan fingerprint density at radius 1 is 1.46 bits per heavy atom. The first-order valence-electron chi connectivity index (χ1n) is 4.18. The van der Waals surface area contributed by atoms with E-state index in [1.807, 2.05) is 0 Å². The molecule has 1 nitrogen and oxygen atoms in total. The van der Waals surface area contributed by atoms with E-state index < -0.39 is 0 Å². The lowest BCUT2D eigenvalue weighted by atomic mass is 10.1. The van der Waals surface area contributed by atoms with Gasteiger partial charge in [-0.3, -0.25) is 0 Å². The van der Waals surface area contributed by atoms with E-state index in [1.165, 1.54) is 20.2 Å². The highest BCUT2D eigenvalue weighted by Crippen LogP contribution is 2.26. The molecular formula is C10H9BrIN. The van der Waals surface area contributed by atoms with Gasteiger partial charge in [0.2, 0.25) is 0 Å². The Morgan fingerprint density at radius 3 is 2.92 bits per heavy atom. The van der Waals surface area contributed by atoms with Crippen molar-refractivity contribution in [2.75, 3.05) is 0 Å². The lowest BCUT2D eigenvalue weighted by Crippen LogP contribution is -1.79. The maximum absolute atomic E-state index is 3.49. The molecule has 0 bridgehead atoms. The summed E-state index contributed by atoms with van der Waals surface area (Å²) in [7, 11) is 0. The number of nitrogens with one attached hydrogen (secondary N) is 1. The van der Waals surface area contributed by atoms with Gasteiger partial charge in [-0.25, -0.2) is 0 Å². The van der Waals surface area contributed by atoms with Crippen LogP contribution in [0.25, 0.3) is 10.9 Å². The van der Waals surface area contributed by atoms with Crippen molar-refractivity contribution < 1.29 is 0 Å². The van der Waals surface area contributed by atoms with E-state index in [9.17, 15) is 0 Å². The van der Waals surface area contributed by atoms with E-state index in [4.69, 9.17) is 0 Å². The van der Waals surface area contributed by atoms with Crippen LogP contribution in [0.1, 0.15) is 12.5 Å². The minimum absolute atomic E-state index is 1.08. The number of aromatic nitrogens is 1.